The molecule has 0 radical (unpaired) electrons. The van der Waals surface area contributed by atoms with Crippen molar-refractivity contribution in [3.8, 4) is 11.5 Å². The quantitative estimate of drug-likeness (QED) is 0.474. The molecule has 2 fully saturated rings. The summed E-state index contributed by atoms with van der Waals surface area (Å²) in [5.74, 6) is 2.75. The fourth-order valence-electron chi connectivity index (χ4n) is 6.95. The summed E-state index contributed by atoms with van der Waals surface area (Å²) >= 11 is 0. The molecule has 0 N–H and O–H groups in total. The van der Waals surface area contributed by atoms with Gasteiger partial charge < -0.3 is 14.3 Å². The number of Topliss-reactive ketones (excluding diaryl/α,β-unsaturated/α-hetero) is 2. The smallest absolute Gasteiger partial charge is 0.167 e. The first-order valence-corrected chi connectivity index (χ1v) is 11.8. The Hall–Kier alpha value is -1.84. The normalized spacial score (nSPS) is 32.1. The van der Waals surface area contributed by atoms with Gasteiger partial charge in [0.2, 0.25) is 0 Å². The molecule has 0 bridgehead atoms. The van der Waals surface area contributed by atoms with Gasteiger partial charge >= 0.3 is 0 Å². The molecule has 1 aromatic rings. The number of ketones is 2. The first-order chi connectivity index (χ1) is 14.5. The van der Waals surface area contributed by atoms with E-state index < -0.39 is 0 Å². The van der Waals surface area contributed by atoms with Crippen LogP contribution in [0, 0.1) is 34.5 Å². The Kier molecular flexibility index (Phi) is 6.88. The molecule has 0 heterocycles. The van der Waals surface area contributed by atoms with Crippen LogP contribution in [-0.4, -0.2) is 25.8 Å². The highest BCUT2D eigenvalue weighted by atomic mass is 16.5. The van der Waals surface area contributed by atoms with E-state index in [0.717, 1.165) is 25.7 Å². The van der Waals surface area contributed by atoms with Crippen molar-refractivity contribution in [3.05, 3.63) is 23.8 Å². The zero-order chi connectivity index (χ0) is 23.0. The largest absolute Gasteiger partial charge is 0.497 e. The number of carbonyl (C=O) groups is 2. The molecule has 0 spiro atoms. The molecule has 0 aromatic heterocycles. The second-order valence-electron chi connectivity index (χ2n) is 10.9. The van der Waals surface area contributed by atoms with Gasteiger partial charge in [0.25, 0.3) is 0 Å². The Balaban J connectivity index is 2.05. The first-order valence-electron chi connectivity index (χ1n) is 11.8. The van der Waals surface area contributed by atoms with Crippen molar-refractivity contribution in [2.45, 2.75) is 73.1 Å². The van der Waals surface area contributed by atoms with E-state index in [2.05, 4.69) is 27.7 Å². The highest BCUT2D eigenvalue weighted by Gasteiger charge is 2.58. The lowest BCUT2D eigenvalue weighted by atomic mass is 9.43. The maximum absolute atomic E-state index is 14.1. The summed E-state index contributed by atoms with van der Waals surface area (Å²) in [6.45, 7) is 11.0. The Morgan fingerprint density at radius 1 is 1.03 bits per heavy atom. The molecule has 172 valence electrons. The van der Waals surface area contributed by atoms with E-state index in [4.69, 9.17) is 9.47 Å². The molecular weight excluding hydrogens is 388 g/mol. The van der Waals surface area contributed by atoms with Gasteiger partial charge in [-0.3, -0.25) is 4.79 Å². The monoisotopic (exact) mass is 428 g/mol. The van der Waals surface area contributed by atoms with Crippen molar-refractivity contribution in [2.24, 2.45) is 34.5 Å². The molecule has 2 saturated carbocycles. The fourth-order valence-corrected chi connectivity index (χ4v) is 6.95. The van der Waals surface area contributed by atoms with Crippen LogP contribution in [0.3, 0.4) is 0 Å². The molecule has 0 aliphatic heterocycles. The molecule has 0 unspecified atom stereocenters. The lowest BCUT2D eigenvalue weighted by molar-refractivity contribution is -0.119. The second kappa shape index (κ2) is 8.96. The van der Waals surface area contributed by atoms with Crippen molar-refractivity contribution >= 4 is 11.6 Å². The Bertz CT molecular complexity index is 804. The standard InChI is InChI=1S/C27H40O4/c1-17(28)9-10-19-15-23-26(3,4)11-8-12-27(23,5)24(18(19)2)25(29)20-13-21(30-6)16-22(14-20)31-7/h13-14,16,18-19,23-24H,8-12,15H2,1-7H3/t18-,19+,23+,24-,27+/m1/s1. The second-order valence-corrected chi connectivity index (χ2v) is 10.9. The molecule has 0 amide bonds. The highest BCUT2D eigenvalue weighted by Crippen LogP contribution is 2.63. The Labute approximate surface area is 188 Å². The summed E-state index contributed by atoms with van der Waals surface area (Å²) in [5, 5.41) is 0. The van der Waals surface area contributed by atoms with Crippen LogP contribution in [0.5, 0.6) is 11.5 Å². The molecule has 4 nitrogen and oxygen atoms in total. The first kappa shape index (κ1) is 23.8. The summed E-state index contributed by atoms with van der Waals surface area (Å²) in [4.78, 5) is 25.9. The minimum atomic E-state index is -0.0698. The molecule has 2 aliphatic carbocycles. The van der Waals surface area contributed by atoms with Gasteiger partial charge in [0.05, 0.1) is 14.2 Å². The molecule has 3 rings (SSSR count). The van der Waals surface area contributed by atoms with Gasteiger partial charge in [-0.2, -0.15) is 0 Å². The minimum Gasteiger partial charge on any atom is -0.497 e. The van der Waals surface area contributed by atoms with Gasteiger partial charge in [0.15, 0.2) is 5.78 Å². The van der Waals surface area contributed by atoms with Gasteiger partial charge in [0.1, 0.15) is 17.3 Å². The predicted octanol–water partition coefficient (Wildman–Crippen LogP) is 6.36. The van der Waals surface area contributed by atoms with Gasteiger partial charge in [-0.15, -0.1) is 0 Å². The van der Waals surface area contributed by atoms with Crippen molar-refractivity contribution < 1.29 is 19.1 Å². The maximum Gasteiger partial charge on any atom is 0.167 e. The van der Waals surface area contributed by atoms with E-state index in [9.17, 15) is 9.59 Å². The maximum atomic E-state index is 14.1. The summed E-state index contributed by atoms with van der Waals surface area (Å²) in [6, 6.07) is 5.51. The number of benzene rings is 1. The number of methoxy groups -OCH3 is 2. The van der Waals surface area contributed by atoms with Gasteiger partial charge in [-0.25, -0.2) is 0 Å². The number of fused-ring (bicyclic) bond motifs is 1. The van der Waals surface area contributed by atoms with Crippen LogP contribution in [0.15, 0.2) is 18.2 Å². The number of hydrogen-bond donors (Lipinski definition) is 0. The van der Waals surface area contributed by atoms with Gasteiger partial charge in [-0.1, -0.05) is 34.1 Å². The fraction of sp³-hybridized carbons (Fsp3) is 0.704. The molecule has 4 heteroatoms. The van der Waals surface area contributed by atoms with Crippen molar-refractivity contribution in [1.29, 1.82) is 0 Å². The van der Waals surface area contributed by atoms with Crippen LogP contribution in [0.25, 0.3) is 0 Å². The lowest BCUT2D eigenvalue weighted by Crippen LogP contribution is -2.56. The van der Waals surface area contributed by atoms with Gasteiger partial charge in [-0.05, 0) is 73.3 Å². The van der Waals surface area contributed by atoms with Crippen LogP contribution in [0.4, 0.5) is 0 Å². The summed E-state index contributed by atoms with van der Waals surface area (Å²) < 4.78 is 10.9. The number of rotatable bonds is 7. The van der Waals surface area contributed by atoms with E-state index in [-0.39, 0.29) is 34.2 Å². The average Bonchev–Trinajstić information content (AvgIpc) is 2.71. The van der Waals surface area contributed by atoms with Crippen molar-refractivity contribution in [1.82, 2.24) is 0 Å². The molecular formula is C27H40O4. The molecule has 2 aliphatic rings. The lowest BCUT2D eigenvalue weighted by Gasteiger charge is -2.60. The predicted molar refractivity (Wildman–Crippen MR) is 124 cm³/mol. The van der Waals surface area contributed by atoms with E-state index >= 15 is 0 Å². The topological polar surface area (TPSA) is 52.6 Å². The third-order valence-corrected chi connectivity index (χ3v) is 8.58. The summed E-state index contributed by atoms with van der Waals surface area (Å²) in [7, 11) is 3.23. The van der Waals surface area contributed by atoms with Gasteiger partial charge in [0, 0.05) is 24.0 Å². The molecule has 5 atom stereocenters. The highest BCUT2D eigenvalue weighted by molar-refractivity contribution is 5.99. The van der Waals surface area contributed by atoms with E-state index in [1.165, 1.54) is 6.42 Å². The van der Waals surface area contributed by atoms with E-state index in [1.807, 2.05) is 18.2 Å². The van der Waals surface area contributed by atoms with Crippen LogP contribution in [0.1, 0.15) is 83.5 Å². The molecule has 1 aromatic carbocycles. The van der Waals surface area contributed by atoms with Crippen molar-refractivity contribution in [2.75, 3.05) is 14.2 Å². The number of hydrogen-bond acceptors (Lipinski definition) is 4. The Morgan fingerprint density at radius 3 is 2.19 bits per heavy atom. The van der Waals surface area contributed by atoms with Crippen LogP contribution >= 0.6 is 0 Å². The van der Waals surface area contributed by atoms with Crippen LogP contribution in [0.2, 0.25) is 0 Å². The number of carbonyl (C=O) groups excluding carboxylic acids is 2. The van der Waals surface area contributed by atoms with E-state index in [1.54, 1.807) is 21.1 Å². The van der Waals surface area contributed by atoms with Crippen LogP contribution < -0.4 is 9.47 Å². The number of ether oxygens (including phenoxy) is 2. The summed E-state index contributed by atoms with van der Waals surface area (Å²) in [5.41, 5.74) is 0.830. The van der Waals surface area contributed by atoms with Crippen molar-refractivity contribution in [3.63, 3.8) is 0 Å². The minimum absolute atomic E-state index is 0.0404. The zero-order valence-corrected chi connectivity index (χ0v) is 20.4. The molecule has 31 heavy (non-hydrogen) atoms. The Morgan fingerprint density at radius 2 is 1.65 bits per heavy atom. The summed E-state index contributed by atoms with van der Waals surface area (Å²) in [6.07, 6.45) is 6.05. The third kappa shape index (κ3) is 4.54. The average molecular weight is 429 g/mol. The van der Waals surface area contributed by atoms with E-state index in [0.29, 0.717) is 35.3 Å². The zero-order valence-electron chi connectivity index (χ0n) is 20.4. The third-order valence-electron chi connectivity index (χ3n) is 8.58. The molecule has 0 saturated heterocycles. The van der Waals surface area contributed by atoms with Crippen LogP contribution in [-0.2, 0) is 4.79 Å². The SMILES string of the molecule is COc1cc(OC)cc(C(=O)[C@H]2[C@H](C)[C@@H](CCC(C)=O)C[C@H]3C(C)(C)CCC[C@]23C)c1.